The Morgan fingerprint density at radius 3 is 2.38 bits per heavy atom. The number of benzene rings is 1. The largest absolute Gasteiger partial charge is 0.481 e. The number of carbonyl (C=O) groups is 2. The fourth-order valence-corrected chi connectivity index (χ4v) is 1.32. The molecule has 1 aromatic carbocycles. The van der Waals surface area contributed by atoms with Crippen LogP contribution >= 0.6 is 0 Å². The summed E-state index contributed by atoms with van der Waals surface area (Å²) >= 11 is 0. The molecule has 2 N–H and O–H groups in total. The molecule has 0 aliphatic heterocycles. The number of nitro groups is 1. The number of hydrogen-bond acceptors (Lipinski definition) is 4. The van der Waals surface area contributed by atoms with Crippen LogP contribution in [0.15, 0.2) is 18.2 Å². The highest BCUT2D eigenvalue weighted by Crippen LogP contribution is 2.35. The van der Waals surface area contributed by atoms with Gasteiger partial charge in [-0.2, -0.15) is 13.2 Å². The van der Waals surface area contributed by atoms with Crippen molar-refractivity contribution in [3.05, 3.63) is 33.9 Å². The van der Waals surface area contributed by atoms with Crippen molar-refractivity contribution in [3.8, 4) is 0 Å². The van der Waals surface area contributed by atoms with Gasteiger partial charge in [0.15, 0.2) is 0 Å². The van der Waals surface area contributed by atoms with Crippen molar-refractivity contribution in [2.24, 2.45) is 5.92 Å². The minimum Gasteiger partial charge on any atom is -0.481 e. The Kier molecular flexibility index (Phi) is 4.51. The highest BCUT2D eigenvalue weighted by molar-refractivity contribution is 6.04. The lowest BCUT2D eigenvalue weighted by Gasteiger charge is -2.11. The molecule has 0 spiro atoms. The number of nitro benzene ring substituents is 1. The van der Waals surface area contributed by atoms with Crippen LogP contribution in [-0.2, 0) is 15.8 Å². The van der Waals surface area contributed by atoms with Gasteiger partial charge in [-0.15, -0.1) is 0 Å². The molecule has 1 aromatic rings. The maximum atomic E-state index is 12.5. The topological polar surface area (TPSA) is 110 Å². The summed E-state index contributed by atoms with van der Waals surface area (Å²) in [6.07, 6.45) is -4.78. The van der Waals surface area contributed by atoms with Crippen LogP contribution in [0.3, 0.4) is 0 Å². The summed E-state index contributed by atoms with van der Waals surface area (Å²) in [5, 5.41) is 21.3. The number of aliphatic carboxylic acids is 1. The highest BCUT2D eigenvalue weighted by atomic mass is 19.4. The van der Waals surface area contributed by atoms with Crippen molar-refractivity contribution in [1.29, 1.82) is 0 Å². The molecule has 1 amide bonds. The Balaban J connectivity index is 3.17. The van der Waals surface area contributed by atoms with E-state index in [1.54, 1.807) is 0 Å². The van der Waals surface area contributed by atoms with Gasteiger partial charge in [-0.3, -0.25) is 19.7 Å². The number of carboxylic acid groups (broad SMARTS) is 1. The lowest BCUT2D eigenvalue weighted by molar-refractivity contribution is -0.384. The number of carboxylic acids is 1. The van der Waals surface area contributed by atoms with Crippen molar-refractivity contribution < 1.29 is 32.8 Å². The first-order valence-electron chi connectivity index (χ1n) is 5.43. The molecule has 21 heavy (non-hydrogen) atoms. The quantitative estimate of drug-likeness (QED) is 0.504. The van der Waals surface area contributed by atoms with Crippen LogP contribution in [0, 0.1) is 16.0 Å². The van der Waals surface area contributed by atoms with Crippen LogP contribution in [-0.4, -0.2) is 21.9 Å². The van der Waals surface area contributed by atoms with Crippen molar-refractivity contribution in [2.45, 2.75) is 13.1 Å². The van der Waals surface area contributed by atoms with Gasteiger partial charge in [0, 0.05) is 6.07 Å². The molecule has 0 aliphatic rings. The Labute approximate surface area is 115 Å². The first-order chi connectivity index (χ1) is 9.54. The van der Waals surface area contributed by atoms with Crippen LogP contribution in [0.1, 0.15) is 12.5 Å². The Morgan fingerprint density at radius 2 is 1.95 bits per heavy atom. The predicted molar refractivity (Wildman–Crippen MR) is 63.5 cm³/mol. The molecule has 10 heteroatoms. The molecule has 1 rings (SSSR count). The number of nitrogens with one attached hydrogen (secondary N) is 1. The Bertz CT molecular complexity index is 600. The predicted octanol–water partition coefficient (Wildman–Crippen LogP) is 2.27. The van der Waals surface area contributed by atoms with Gasteiger partial charge >= 0.3 is 12.1 Å². The zero-order valence-corrected chi connectivity index (χ0v) is 10.5. The third-order valence-electron chi connectivity index (χ3n) is 2.54. The van der Waals surface area contributed by atoms with E-state index in [-0.39, 0.29) is 6.07 Å². The van der Waals surface area contributed by atoms with E-state index in [2.05, 4.69) is 0 Å². The second-order valence-electron chi connectivity index (χ2n) is 4.04. The maximum absolute atomic E-state index is 12.5. The van der Waals surface area contributed by atoms with Crippen LogP contribution in [0.5, 0.6) is 0 Å². The summed E-state index contributed by atoms with van der Waals surface area (Å²) in [5.74, 6) is -4.06. The van der Waals surface area contributed by atoms with Crippen LogP contribution in [0.2, 0.25) is 0 Å². The Hall–Kier alpha value is -2.65. The van der Waals surface area contributed by atoms with Gasteiger partial charge in [0.05, 0.1) is 10.5 Å². The maximum Gasteiger partial charge on any atom is 0.416 e. The molecular weight excluding hydrogens is 297 g/mol. The summed E-state index contributed by atoms with van der Waals surface area (Å²) in [6, 6.07) is 1.52. The van der Waals surface area contributed by atoms with Gasteiger partial charge in [-0.1, -0.05) is 0 Å². The summed E-state index contributed by atoms with van der Waals surface area (Å²) in [6.45, 7) is 1.04. The van der Waals surface area contributed by atoms with E-state index < -0.39 is 45.8 Å². The number of alkyl halides is 3. The SMILES string of the molecule is CC(C(=O)O)C(=O)Nc1ccc(C(F)(F)F)cc1[N+](=O)[O-]. The first kappa shape index (κ1) is 16.4. The van der Waals surface area contributed by atoms with Crippen molar-refractivity contribution in [3.63, 3.8) is 0 Å². The molecule has 0 radical (unpaired) electrons. The summed E-state index contributed by atoms with van der Waals surface area (Å²) in [7, 11) is 0. The molecule has 0 bridgehead atoms. The minimum atomic E-state index is -4.78. The van der Waals surface area contributed by atoms with Crippen molar-refractivity contribution >= 4 is 23.3 Å². The minimum absolute atomic E-state index is 0.265. The number of nitrogens with zero attached hydrogens (tertiary/aromatic N) is 1. The van der Waals surface area contributed by atoms with Gasteiger partial charge in [0.1, 0.15) is 11.6 Å². The third kappa shape index (κ3) is 3.91. The molecule has 7 nitrogen and oxygen atoms in total. The molecule has 114 valence electrons. The van der Waals surface area contributed by atoms with E-state index >= 15 is 0 Å². The van der Waals surface area contributed by atoms with Gasteiger partial charge in [-0.05, 0) is 19.1 Å². The standard InChI is InChI=1S/C11H9F3N2O5/c1-5(10(18)19)9(17)15-7-3-2-6(11(12,13)14)4-8(7)16(20)21/h2-5H,1H3,(H,15,17)(H,18,19). The number of carbonyl (C=O) groups excluding carboxylic acids is 1. The second-order valence-corrected chi connectivity index (χ2v) is 4.04. The van der Waals surface area contributed by atoms with Gasteiger partial charge < -0.3 is 10.4 Å². The fourth-order valence-electron chi connectivity index (χ4n) is 1.32. The van der Waals surface area contributed by atoms with Crippen LogP contribution in [0.25, 0.3) is 0 Å². The monoisotopic (exact) mass is 306 g/mol. The van der Waals surface area contributed by atoms with E-state index in [9.17, 15) is 32.9 Å². The van der Waals surface area contributed by atoms with Crippen molar-refractivity contribution in [1.82, 2.24) is 0 Å². The normalized spacial score (nSPS) is 12.6. The molecule has 0 fully saturated rings. The first-order valence-corrected chi connectivity index (χ1v) is 5.43. The zero-order chi connectivity index (χ0) is 16.4. The van der Waals surface area contributed by atoms with E-state index in [4.69, 9.17) is 5.11 Å². The van der Waals surface area contributed by atoms with Crippen molar-refractivity contribution in [2.75, 3.05) is 5.32 Å². The molecular formula is C11H9F3N2O5. The molecule has 0 saturated carbocycles. The number of anilines is 1. The molecule has 0 aliphatic carbocycles. The number of rotatable bonds is 4. The van der Waals surface area contributed by atoms with E-state index in [0.29, 0.717) is 12.1 Å². The molecule has 0 saturated heterocycles. The van der Waals surface area contributed by atoms with Gasteiger partial charge in [0.2, 0.25) is 5.91 Å². The number of hydrogen-bond donors (Lipinski definition) is 2. The van der Waals surface area contributed by atoms with E-state index in [1.165, 1.54) is 0 Å². The summed E-state index contributed by atoms with van der Waals surface area (Å²) in [4.78, 5) is 31.7. The third-order valence-corrected chi connectivity index (χ3v) is 2.54. The van der Waals surface area contributed by atoms with E-state index in [0.717, 1.165) is 6.92 Å². The molecule has 0 heterocycles. The summed E-state index contributed by atoms with van der Waals surface area (Å²) < 4.78 is 37.4. The average Bonchev–Trinajstić information content (AvgIpc) is 2.36. The molecule has 0 aromatic heterocycles. The lowest BCUT2D eigenvalue weighted by atomic mass is 10.1. The number of amides is 1. The van der Waals surface area contributed by atoms with Gasteiger partial charge in [0.25, 0.3) is 5.69 Å². The second kappa shape index (κ2) is 5.77. The summed E-state index contributed by atoms with van der Waals surface area (Å²) in [5.41, 5.74) is -2.74. The zero-order valence-electron chi connectivity index (χ0n) is 10.5. The van der Waals surface area contributed by atoms with Gasteiger partial charge in [-0.25, -0.2) is 0 Å². The Morgan fingerprint density at radius 1 is 1.38 bits per heavy atom. The molecule has 1 atom stereocenters. The lowest BCUT2D eigenvalue weighted by Crippen LogP contribution is -2.27. The average molecular weight is 306 g/mol. The van der Waals surface area contributed by atoms with Crippen LogP contribution < -0.4 is 5.32 Å². The van der Waals surface area contributed by atoms with E-state index in [1.807, 2.05) is 5.32 Å². The smallest absolute Gasteiger partial charge is 0.416 e. The highest BCUT2D eigenvalue weighted by Gasteiger charge is 2.33. The molecule has 1 unspecified atom stereocenters. The fraction of sp³-hybridized carbons (Fsp3) is 0.273. The van der Waals surface area contributed by atoms with Crippen LogP contribution in [0.4, 0.5) is 24.5 Å². The number of halogens is 3.